The maximum atomic E-state index is 11.8. The Hall–Kier alpha value is -1.60. The van der Waals surface area contributed by atoms with Crippen molar-refractivity contribution in [2.24, 2.45) is 0 Å². The van der Waals surface area contributed by atoms with Gasteiger partial charge in [-0.2, -0.15) is 0 Å². The molecular formula is C13H12N2O3S2. The zero-order valence-electron chi connectivity index (χ0n) is 10.5. The van der Waals surface area contributed by atoms with Crippen molar-refractivity contribution in [3.8, 4) is 0 Å². The van der Waals surface area contributed by atoms with Gasteiger partial charge in [0.25, 0.3) is 0 Å². The molecule has 1 amide bonds. The SMILES string of the molecule is O=C(CSc1nc2ccccc2s1)N[C@H]1CCOC1=O. The zero-order chi connectivity index (χ0) is 13.9. The molecule has 1 aliphatic heterocycles. The number of thiazole rings is 1. The van der Waals surface area contributed by atoms with Crippen LogP contribution >= 0.6 is 23.1 Å². The second-order valence-corrected chi connectivity index (χ2v) is 6.57. The number of cyclic esters (lactones) is 1. The van der Waals surface area contributed by atoms with Crippen LogP contribution in [0.2, 0.25) is 0 Å². The van der Waals surface area contributed by atoms with E-state index >= 15 is 0 Å². The number of esters is 1. The quantitative estimate of drug-likeness (QED) is 0.689. The first-order valence-corrected chi connectivity index (χ1v) is 7.97. The van der Waals surface area contributed by atoms with Gasteiger partial charge in [0.15, 0.2) is 4.34 Å². The topological polar surface area (TPSA) is 68.3 Å². The number of nitrogens with zero attached hydrogens (tertiary/aromatic N) is 1. The number of thioether (sulfide) groups is 1. The Balaban J connectivity index is 1.56. The third-order valence-corrected chi connectivity index (χ3v) is 5.05. The molecule has 20 heavy (non-hydrogen) atoms. The molecule has 2 heterocycles. The lowest BCUT2D eigenvalue weighted by molar-refractivity contribution is -0.141. The standard InChI is InChI=1S/C13H12N2O3S2/c16-11(14-9-5-6-18-12(9)17)7-19-13-15-8-3-1-2-4-10(8)20-13/h1-4,9H,5-7H2,(H,14,16)/t9-/m0/s1. The number of fused-ring (bicyclic) bond motifs is 1. The molecular weight excluding hydrogens is 296 g/mol. The summed E-state index contributed by atoms with van der Waals surface area (Å²) in [6.07, 6.45) is 0.552. The van der Waals surface area contributed by atoms with Gasteiger partial charge < -0.3 is 10.1 Å². The lowest BCUT2D eigenvalue weighted by Crippen LogP contribution is -2.38. The number of ether oxygens (including phenoxy) is 1. The highest BCUT2D eigenvalue weighted by Crippen LogP contribution is 2.29. The van der Waals surface area contributed by atoms with Crippen LogP contribution < -0.4 is 5.32 Å². The fourth-order valence-corrected chi connectivity index (χ4v) is 3.78. The van der Waals surface area contributed by atoms with Crippen molar-refractivity contribution in [3.63, 3.8) is 0 Å². The second kappa shape index (κ2) is 5.80. The molecule has 3 rings (SSSR count). The van der Waals surface area contributed by atoms with Gasteiger partial charge in [-0.15, -0.1) is 11.3 Å². The van der Waals surface area contributed by atoms with Gasteiger partial charge in [-0.1, -0.05) is 23.9 Å². The molecule has 104 valence electrons. The molecule has 0 unspecified atom stereocenters. The van der Waals surface area contributed by atoms with Crippen LogP contribution in [0, 0.1) is 0 Å². The third-order valence-electron chi connectivity index (χ3n) is 2.87. The molecule has 0 bridgehead atoms. The summed E-state index contributed by atoms with van der Waals surface area (Å²) in [6, 6.07) is 7.37. The Morgan fingerprint density at radius 1 is 1.50 bits per heavy atom. The summed E-state index contributed by atoms with van der Waals surface area (Å²) in [5.41, 5.74) is 0.944. The van der Waals surface area contributed by atoms with Crippen LogP contribution in [-0.4, -0.2) is 35.3 Å². The van der Waals surface area contributed by atoms with Gasteiger partial charge in [-0.05, 0) is 12.1 Å². The van der Waals surface area contributed by atoms with Crippen LogP contribution in [0.5, 0.6) is 0 Å². The first-order valence-electron chi connectivity index (χ1n) is 6.17. The molecule has 1 aliphatic rings. The summed E-state index contributed by atoms with van der Waals surface area (Å²) < 4.78 is 6.76. The Morgan fingerprint density at radius 3 is 3.10 bits per heavy atom. The Morgan fingerprint density at radius 2 is 2.35 bits per heavy atom. The average molecular weight is 308 g/mol. The van der Waals surface area contributed by atoms with Crippen molar-refractivity contribution >= 4 is 45.2 Å². The molecule has 1 atom stereocenters. The average Bonchev–Trinajstić information content (AvgIpc) is 3.03. The highest BCUT2D eigenvalue weighted by Gasteiger charge is 2.27. The van der Waals surface area contributed by atoms with E-state index in [0.29, 0.717) is 13.0 Å². The van der Waals surface area contributed by atoms with Crippen molar-refractivity contribution in [2.75, 3.05) is 12.4 Å². The number of amides is 1. The minimum absolute atomic E-state index is 0.168. The van der Waals surface area contributed by atoms with Crippen molar-refractivity contribution in [2.45, 2.75) is 16.8 Å². The maximum Gasteiger partial charge on any atom is 0.328 e. The number of carbonyl (C=O) groups excluding carboxylic acids is 2. The number of aromatic nitrogens is 1. The predicted octanol–water partition coefficient (Wildman–Crippen LogP) is 1.82. The summed E-state index contributed by atoms with van der Waals surface area (Å²) in [6.45, 7) is 0.384. The molecule has 0 spiro atoms. The summed E-state index contributed by atoms with van der Waals surface area (Å²) in [7, 11) is 0. The fourth-order valence-electron chi connectivity index (χ4n) is 1.90. The highest BCUT2D eigenvalue weighted by atomic mass is 32.2. The van der Waals surface area contributed by atoms with E-state index in [2.05, 4.69) is 10.3 Å². The van der Waals surface area contributed by atoms with Gasteiger partial charge >= 0.3 is 5.97 Å². The van der Waals surface area contributed by atoms with Gasteiger partial charge in [0.2, 0.25) is 5.91 Å². The van der Waals surface area contributed by atoms with E-state index in [-0.39, 0.29) is 17.6 Å². The lowest BCUT2D eigenvalue weighted by atomic mass is 10.2. The minimum Gasteiger partial charge on any atom is -0.464 e. The van der Waals surface area contributed by atoms with E-state index in [4.69, 9.17) is 4.74 Å². The van der Waals surface area contributed by atoms with Crippen LogP contribution in [0.25, 0.3) is 10.2 Å². The summed E-state index contributed by atoms with van der Waals surface area (Å²) >= 11 is 2.94. The van der Waals surface area contributed by atoms with Crippen molar-refractivity contribution < 1.29 is 14.3 Å². The van der Waals surface area contributed by atoms with Gasteiger partial charge in [0, 0.05) is 6.42 Å². The van der Waals surface area contributed by atoms with Crippen LogP contribution in [0.4, 0.5) is 0 Å². The van der Waals surface area contributed by atoms with Gasteiger partial charge in [0.05, 0.1) is 22.6 Å². The number of hydrogen-bond donors (Lipinski definition) is 1. The zero-order valence-corrected chi connectivity index (χ0v) is 12.1. The monoisotopic (exact) mass is 308 g/mol. The second-order valence-electron chi connectivity index (χ2n) is 4.31. The normalized spacial score (nSPS) is 18.2. The van der Waals surface area contributed by atoms with E-state index < -0.39 is 6.04 Å². The first-order chi connectivity index (χ1) is 9.72. The Kier molecular flexibility index (Phi) is 3.88. The smallest absolute Gasteiger partial charge is 0.328 e. The Labute approximate surface area is 123 Å². The lowest BCUT2D eigenvalue weighted by Gasteiger charge is -2.07. The van der Waals surface area contributed by atoms with Crippen molar-refractivity contribution in [3.05, 3.63) is 24.3 Å². The number of nitrogens with one attached hydrogen (secondary N) is 1. The fraction of sp³-hybridized carbons (Fsp3) is 0.308. The first kappa shape index (κ1) is 13.4. The highest BCUT2D eigenvalue weighted by molar-refractivity contribution is 8.01. The van der Waals surface area contributed by atoms with E-state index in [0.717, 1.165) is 14.6 Å². The third kappa shape index (κ3) is 2.94. The summed E-state index contributed by atoms with van der Waals surface area (Å²) in [4.78, 5) is 27.5. The van der Waals surface area contributed by atoms with Crippen LogP contribution in [0.3, 0.4) is 0 Å². The number of rotatable bonds is 4. The van der Waals surface area contributed by atoms with Crippen LogP contribution in [0.15, 0.2) is 28.6 Å². The molecule has 0 saturated carbocycles. The predicted molar refractivity (Wildman–Crippen MR) is 77.9 cm³/mol. The number of para-hydroxylation sites is 1. The van der Waals surface area contributed by atoms with E-state index in [1.54, 1.807) is 11.3 Å². The van der Waals surface area contributed by atoms with Gasteiger partial charge in [-0.25, -0.2) is 9.78 Å². The molecule has 7 heteroatoms. The number of carbonyl (C=O) groups is 2. The van der Waals surface area contributed by atoms with E-state index in [1.165, 1.54) is 11.8 Å². The van der Waals surface area contributed by atoms with Gasteiger partial charge in [0.1, 0.15) is 6.04 Å². The number of benzene rings is 1. The molecule has 1 aromatic carbocycles. The summed E-state index contributed by atoms with van der Waals surface area (Å²) in [5, 5.41) is 2.68. The molecule has 2 aromatic rings. The molecule has 0 radical (unpaired) electrons. The molecule has 1 fully saturated rings. The number of hydrogen-bond acceptors (Lipinski definition) is 6. The van der Waals surface area contributed by atoms with Crippen molar-refractivity contribution in [1.29, 1.82) is 0 Å². The molecule has 1 saturated heterocycles. The summed E-state index contributed by atoms with van der Waals surface area (Å²) in [5.74, 6) is -0.259. The molecule has 0 aliphatic carbocycles. The Bertz CT molecular complexity index is 623. The minimum atomic E-state index is -0.488. The largest absolute Gasteiger partial charge is 0.464 e. The van der Waals surface area contributed by atoms with Crippen LogP contribution in [0.1, 0.15) is 6.42 Å². The maximum absolute atomic E-state index is 11.8. The molecule has 1 aromatic heterocycles. The van der Waals surface area contributed by atoms with Crippen LogP contribution in [-0.2, 0) is 14.3 Å². The molecule has 5 nitrogen and oxygen atoms in total. The van der Waals surface area contributed by atoms with E-state index in [9.17, 15) is 9.59 Å². The van der Waals surface area contributed by atoms with Gasteiger partial charge in [-0.3, -0.25) is 4.79 Å². The molecule has 1 N–H and O–H groups in total. The van der Waals surface area contributed by atoms with E-state index in [1.807, 2.05) is 24.3 Å². The van der Waals surface area contributed by atoms with Crippen molar-refractivity contribution in [1.82, 2.24) is 10.3 Å².